The van der Waals surface area contributed by atoms with Crippen LogP contribution in [0.15, 0.2) is 71.6 Å². The van der Waals surface area contributed by atoms with Crippen LogP contribution < -0.4 is 19.1 Å². The standard InChI is InChI=1S/C31H36FN3O6S/c1-5-22(3)33-31(37)23(4)34(19-24-8-6-7-21(2)17-24)30(36)20-35(26-11-9-25(32)10-12-26)42(38,39)27-13-14-28-29(18-27)41-16-15-40-28/h6-14,17-18,22-23H,5,15-16,19-20H2,1-4H3,(H,33,37). The van der Waals surface area contributed by atoms with Crippen LogP contribution >= 0.6 is 0 Å². The third-order valence-electron chi connectivity index (χ3n) is 7.10. The van der Waals surface area contributed by atoms with Crippen LogP contribution in [-0.4, -0.2) is 57.0 Å². The van der Waals surface area contributed by atoms with E-state index in [2.05, 4.69) is 5.32 Å². The Hall–Kier alpha value is -4.12. The molecule has 3 aromatic carbocycles. The average molecular weight is 598 g/mol. The maximum atomic E-state index is 14.0. The Bertz CT molecular complexity index is 1530. The Morgan fingerprint density at radius 2 is 1.67 bits per heavy atom. The van der Waals surface area contributed by atoms with Gasteiger partial charge in [0.1, 0.15) is 31.6 Å². The van der Waals surface area contributed by atoms with Crippen LogP contribution in [0, 0.1) is 12.7 Å². The number of carbonyl (C=O) groups excluding carboxylic acids is 2. The molecule has 9 nitrogen and oxygen atoms in total. The molecule has 1 aliphatic heterocycles. The van der Waals surface area contributed by atoms with E-state index in [1.54, 1.807) is 6.92 Å². The average Bonchev–Trinajstić information content (AvgIpc) is 2.98. The van der Waals surface area contributed by atoms with Crippen molar-refractivity contribution in [2.45, 2.75) is 57.6 Å². The molecule has 1 aliphatic rings. The van der Waals surface area contributed by atoms with Gasteiger partial charge in [0.05, 0.1) is 10.6 Å². The highest BCUT2D eigenvalue weighted by molar-refractivity contribution is 7.92. The largest absolute Gasteiger partial charge is 0.486 e. The number of fused-ring (bicyclic) bond motifs is 1. The van der Waals surface area contributed by atoms with Crippen molar-refractivity contribution < 1.29 is 31.9 Å². The highest BCUT2D eigenvalue weighted by Crippen LogP contribution is 2.34. The summed E-state index contributed by atoms with van der Waals surface area (Å²) in [5, 5.41) is 2.91. The molecule has 0 fully saturated rings. The van der Waals surface area contributed by atoms with E-state index in [1.165, 1.54) is 35.2 Å². The number of nitrogens with zero attached hydrogens (tertiary/aromatic N) is 2. The lowest BCUT2D eigenvalue weighted by atomic mass is 10.1. The molecule has 2 unspecified atom stereocenters. The van der Waals surface area contributed by atoms with Crippen molar-refractivity contribution in [3.63, 3.8) is 0 Å². The second-order valence-electron chi connectivity index (χ2n) is 10.3. The first kappa shape index (κ1) is 30.8. The highest BCUT2D eigenvalue weighted by Gasteiger charge is 2.33. The van der Waals surface area contributed by atoms with E-state index >= 15 is 0 Å². The van der Waals surface area contributed by atoms with Gasteiger partial charge >= 0.3 is 0 Å². The molecule has 0 bridgehead atoms. The van der Waals surface area contributed by atoms with Gasteiger partial charge in [0.15, 0.2) is 11.5 Å². The van der Waals surface area contributed by atoms with E-state index < -0.39 is 34.3 Å². The first-order valence-electron chi connectivity index (χ1n) is 13.8. The number of sulfonamides is 1. The van der Waals surface area contributed by atoms with Crippen LogP contribution in [0.3, 0.4) is 0 Å². The molecule has 1 heterocycles. The Labute approximate surface area is 246 Å². The van der Waals surface area contributed by atoms with Gasteiger partial charge in [-0.1, -0.05) is 36.8 Å². The van der Waals surface area contributed by atoms with Crippen LogP contribution in [0.25, 0.3) is 0 Å². The smallest absolute Gasteiger partial charge is 0.264 e. The van der Waals surface area contributed by atoms with Gasteiger partial charge < -0.3 is 19.7 Å². The van der Waals surface area contributed by atoms with E-state index in [9.17, 15) is 22.4 Å². The van der Waals surface area contributed by atoms with Gasteiger partial charge in [0.25, 0.3) is 10.0 Å². The topological polar surface area (TPSA) is 105 Å². The highest BCUT2D eigenvalue weighted by atomic mass is 32.2. The summed E-state index contributed by atoms with van der Waals surface area (Å²) in [4.78, 5) is 28.4. The number of anilines is 1. The molecule has 42 heavy (non-hydrogen) atoms. The summed E-state index contributed by atoms with van der Waals surface area (Å²) in [7, 11) is -4.35. The van der Waals surface area contributed by atoms with Gasteiger partial charge in [-0.05, 0) is 69.2 Å². The minimum absolute atomic E-state index is 0.0803. The molecule has 224 valence electrons. The van der Waals surface area contributed by atoms with E-state index in [4.69, 9.17) is 9.47 Å². The number of hydrogen-bond donors (Lipinski definition) is 1. The molecule has 1 N–H and O–H groups in total. The summed E-state index contributed by atoms with van der Waals surface area (Å²) < 4.78 is 53.9. The summed E-state index contributed by atoms with van der Waals surface area (Å²) in [5.41, 5.74) is 1.85. The third kappa shape index (κ3) is 7.20. The number of carbonyl (C=O) groups is 2. The first-order valence-corrected chi connectivity index (χ1v) is 15.3. The van der Waals surface area contributed by atoms with E-state index in [0.717, 1.165) is 27.6 Å². The molecule has 0 aliphatic carbocycles. The number of nitrogens with one attached hydrogen (secondary N) is 1. The maximum absolute atomic E-state index is 14.0. The Morgan fingerprint density at radius 1 is 0.976 bits per heavy atom. The van der Waals surface area contributed by atoms with Crippen molar-refractivity contribution in [3.8, 4) is 11.5 Å². The number of rotatable bonds is 11. The van der Waals surface area contributed by atoms with Crippen LogP contribution in [0.4, 0.5) is 10.1 Å². The molecule has 4 rings (SSSR count). The zero-order valence-corrected chi connectivity index (χ0v) is 25.0. The number of benzene rings is 3. The molecule has 3 aromatic rings. The molecule has 0 saturated heterocycles. The predicted octanol–water partition coefficient (Wildman–Crippen LogP) is 4.43. The van der Waals surface area contributed by atoms with Gasteiger partial charge in [-0.3, -0.25) is 13.9 Å². The summed E-state index contributed by atoms with van der Waals surface area (Å²) in [6.45, 7) is 7.40. The fraction of sp³-hybridized carbons (Fsp3) is 0.355. The molecule has 0 radical (unpaired) electrons. The van der Waals surface area contributed by atoms with Crippen molar-refractivity contribution in [1.29, 1.82) is 0 Å². The fourth-order valence-electron chi connectivity index (χ4n) is 4.50. The summed E-state index contributed by atoms with van der Waals surface area (Å²) in [6.07, 6.45) is 0.705. The lowest BCUT2D eigenvalue weighted by molar-refractivity contribution is -0.139. The minimum Gasteiger partial charge on any atom is -0.486 e. The predicted molar refractivity (Wildman–Crippen MR) is 157 cm³/mol. The second-order valence-corrected chi connectivity index (χ2v) is 12.2. The van der Waals surface area contributed by atoms with Gasteiger partial charge in [-0.15, -0.1) is 0 Å². The summed E-state index contributed by atoms with van der Waals surface area (Å²) in [5.74, 6) is -0.834. The summed E-state index contributed by atoms with van der Waals surface area (Å²) in [6, 6.07) is 15.6. The van der Waals surface area contributed by atoms with Crippen molar-refractivity contribution >= 4 is 27.5 Å². The van der Waals surface area contributed by atoms with Crippen LogP contribution in [0.2, 0.25) is 0 Å². The van der Waals surface area contributed by atoms with Gasteiger partial charge in [0, 0.05) is 18.7 Å². The number of halogens is 1. The zero-order valence-electron chi connectivity index (χ0n) is 24.2. The number of aryl methyl sites for hydroxylation is 1. The molecule has 11 heteroatoms. The molecule has 0 aromatic heterocycles. The Kier molecular flexibility index (Phi) is 9.72. The molecule has 2 atom stereocenters. The van der Waals surface area contributed by atoms with E-state index in [0.29, 0.717) is 18.8 Å². The van der Waals surface area contributed by atoms with Crippen LogP contribution in [0.5, 0.6) is 11.5 Å². The third-order valence-corrected chi connectivity index (χ3v) is 8.87. The van der Waals surface area contributed by atoms with Gasteiger partial charge in [0.2, 0.25) is 11.8 Å². The molecular weight excluding hydrogens is 561 g/mol. The molecule has 2 amide bonds. The Morgan fingerprint density at radius 3 is 2.33 bits per heavy atom. The number of hydrogen-bond acceptors (Lipinski definition) is 6. The first-order chi connectivity index (χ1) is 20.0. The zero-order chi connectivity index (χ0) is 30.4. The minimum atomic E-state index is -4.35. The Balaban J connectivity index is 1.72. The normalized spacial score (nSPS) is 14.0. The van der Waals surface area contributed by atoms with Gasteiger partial charge in [-0.25, -0.2) is 12.8 Å². The summed E-state index contributed by atoms with van der Waals surface area (Å²) >= 11 is 0. The molecular formula is C31H36FN3O6S. The molecule has 0 spiro atoms. The van der Waals surface area contributed by atoms with E-state index in [1.807, 2.05) is 45.0 Å². The maximum Gasteiger partial charge on any atom is 0.264 e. The van der Waals surface area contributed by atoms with E-state index in [-0.39, 0.29) is 41.4 Å². The van der Waals surface area contributed by atoms with Crippen molar-refractivity contribution in [2.24, 2.45) is 0 Å². The quantitative estimate of drug-likeness (QED) is 0.351. The van der Waals surface area contributed by atoms with Crippen molar-refractivity contribution in [3.05, 3.63) is 83.7 Å². The van der Waals surface area contributed by atoms with Gasteiger partial charge in [-0.2, -0.15) is 0 Å². The number of amides is 2. The van der Waals surface area contributed by atoms with Crippen molar-refractivity contribution in [1.82, 2.24) is 10.2 Å². The second kappa shape index (κ2) is 13.2. The lowest BCUT2D eigenvalue weighted by Gasteiger charge is -2.32. The van der Waals surface area contributed by atoms with Crippen LogP contribution in [-0.2, 0) is 26.2 Å². The number of ether oxygens (including phenoxy) is 2. The SMILES string of the molecule is CCC(C)NC(=O)C(C)N(Cc1cccc(C)c1)C(=O)CN(c1ccc(F)cc1)S(=O)(=O)c1ccc2c(c1)OCCO2. The van der Waals surface area contributed by atoms with Crippen LogP contribution in [0.1, 0.15) is 38.3 Å². The monoisotopic (exact) mass is 597 g/mol. The lowest BCUT2D eigenvalue weighted by Crippen LogP contribution is -2.52. The molecule has 0 saturated carbocycles. The fourth-order valence-corrected chi connectivity index (χ4v) is 5.93. The van der Waals surface area contributed by atoms with Crippen molar-refractivity contribution in [2.75, 3.05) is 24.1 Å².